The Morgan fingerprint density at radius 2 is 2.12 bits per heavy atom. The Hall–Kier alpha value is -1.35. The highest BCUT2D eigenvalue weighted by Crippen LogP contribution is 2.38. The van der Waals surface area contributed by atoms with Crippen LogP contribution in [0.2, 0.25) is 0 Å². The number of hydrogen-bond donors (Lipinski definition) is 0. The van der Waals surface area contributed by atoms with E-state index < -0.39 is 0 Å². The zero-order valence-corrected chi connectivity index (χ0v) is 11.0. The normalized spacial score (nSPS) is 16.1. The highest BCUT2D eigenvalue weighted by molar-refractivity contribution is 7.99. The summed E-state index contributed by atoms with van der Waals surface area (Å²) in [5.41, 5.74) is 3.79. The van der Waals surface area contributed by atoms with Crippen molar-refractivity contribution in [3.8, 4) is 0 Å². The maximum absolute atomic E-state index is 4.15. The van der Waals surface area contributed by atoms with Crippen LogP contribution in [0.25, 0.3) is 10.9 Å². The van der Waals surface area contributed by atoms with Crippen molar-refractivity contribution in [3.63, 3.8) is 0 Å². The van der Waals surface area contributed by atoms with E-state index in [2.05, 4.69) is 54.5 Å². The molecule has 0 fully saturated rings. The van der Waals surface area contributed by atoms with Crippen molar-refractivity contribution in [2.75, 3.05) is 17.7 Å². The summed E-state index contributed by atoms with van der Waals surface area (Å²) in [5.74, 6) is 1.12. The molecule has 2 heterocycles. The van der Waals surface area contributed by atoms with E-state index in [0.29, 0.717) is 0 Å². The predicted octanol–water partition coefficient (Wildman–Crippen LogP) is 3.62. The summed E-state index contributed by atoms with van der Waals surface area (Å²) in [6.45, 7) is 4.15. The average Bonchev–Trinajstić information content (AvgIpc) is 2.62. The van der Waals surface area contributed by atoms with Crippen LogP contribution in [0.1, 0.15) is 6.42 Å². The first-order chi connectivity index (χ1) is 8.16. The molecule has 0 radical (unpaired) electrons. The molecule has 1 aliphatic heterocycles. The number of benzene rings is 1. The van der Waals surface area contributed by atoms with Gasteiger partial charge in [0.1, 0.15) is 0 Å². The van der Waals surface area contributed by atoms with E-state index in [1.165, 1.54) is 27.2 Å². The Morgan fingerprint density at radius 1 is 1.29 bits per heavy atom. The molecule has 0 atom stereocenters. The maximum Gasteiger partial charge on any atom is 0.0551 e. The van der Waals surface area contributed by atoms with Gasteiger partial charge in [-0.2, -0.15) is 0 Å². The first-order valence-corrected chi connectivity index (χ1v) is 6.79. The summed E-state index contributed by atoms with van der Waals surface area (Å²) < 4.78 is 2.18. The van der Waals surface area contributed by atoms with Crippen molar-refractivity contribution in [2.24, 2.45) is 7.05 Å². The number of anilines is 1. The van der Waals surface area contributed by atoms with Crippen LogP contribution in [0.3, 0.4) is 0 Å². The van der Waals surface area contributed by atoms with Crippen LogP contribution in [0.4, 0.5) is 5.69 Å². The van der Waals surface area contributed by atoms with Gasteiger partial charge < -0.3 is 9.47 Å². The van der Waals surface area contributed by atoms with Gasteiger partial charge in [0.15, 0.2) is 0 Å². The lowest BCUT2D eigenvalue weighted by Crippen LogP contribution is -2.14. The van der Waals surface area contributed by atoms with Gasteiger partial charge in [0.2, 0.25) is 0 Å². The SMILES string of the molecule is C=C1CCSc2cc3c(ccn3C)cc2N1C. The maximum atomic E-state index is 4.15. The zero-order valence-electron chi connectivity index (χ0n) is 10.2. The van der Waals surface area contributed by atoms with Crippen LogP contribution < -0.4 is 4.90 Å². The number of aromatic nitrogens is 1. The summed E-state index contributed by atoms with van der Waals surface area (Å²) in [5, 5.41) is 1.30. The second-order valence-electron chi connectivity index (χ2n) is 4.53. The largest absolute Gasteiger partial charge is 0.351 e. The fourth-order valence-corrected chi connectivity index (χ4v) is 3.38. The Kier molecular flexibility index (Phi) is 2.44. The van der Waals surface area contributed by atoms with Crippen LogP contribution in [0.5, 0.6) is 0 Å². The minimum atomic E-state index is 1.06. The fourth-order valence-electron chi connectivity index (χ4n) is 2.28. The van der Waals surface area contributed by atoms with Gasteiger partial charge in [0.25, 0.3) is 0 Å². The van der Waals surface area contributed by atoms with Gasteiger partial charge in [-0.3, -0.25) is 0 Å². The molecule has 0 unspecified atom stereocenters. The lowest BCUT2D eigenvalue weighted by Gasteiger charge is -2.21. The van der Waals surface area contributed by atoms with Gasteiger partial charge in [-0.25, -0.2) is 0 Å². The molecule has 0 saturated carbocycles. The first kappa shape index (κ1) is 10.8. The van der Waals surface area contributed by atoms with E-state index in [0.717, 1.165) is 12.2 Å². The molecule has 1 aromatic heterocycles. The minimum absolute atomic E-state index is 1.06. The Balaban J connectivity index is 2.25. The molecule has 0 amide bonds. The molecule has 17 heavy (non-hydrogen) atoms. The smallest absolute Gasteiger partial charge is 0.0551 e. The third-order valence-electron chi connectivity index (χ3n) is 3.45. The number of rotatable bonds is 0. The highest BCUT2D eigenvalue weighted by Gasteiger charge is 2.16. The Labute approximate surface area is 106 Å². The molecular weight excluding hydrogens is 228 g/mol. The lowest BCUT2D eigenvalue weighted by molar-refractivity contribution is 0.965. The number of allylic oxidation sites excluding steroid dienone is 1. The van der Waals surface area contributed by atoms with Crippen LogP contribution in [-0.4, -0.2) is 17.4 Å². The van der Waals surface area contributed by atoms with Crippen molar-refractivity contribution in [2.45, 2.75) is 11.3 Å². The molecule has 3 rings (SSSR count). The average molecular weight is 244 g/mol. The quantitative estimate of drug-likeness (QED) is 0.699. The Morgan fingerprint density at radius 3 is 2.94 bits per heavy atom. The summed E-state index contributed by atoms with van der Waals surface area (Å²) in [7, 11) is 4.21. The monoisotopic (exact) mass is 244 g/mol. The first-order valence-electron chi connectivity index (χ1n) is 5.80. The van der Waals surface area contributed by atoms with Crippen LogP contribution >= 0.6 is 11.8 Å². The molecule has 0 N–H and O–H groups in total. The molecule has 1 aromatic carbocycles. The molecule has 0 bridgehead atoms. The summed E-state index contributed by atoms with van der Waals surface area (Å²) >= 11 is 1.93. The second-order valence-corrected chi connectivity index (χ2v) is 5.67. The van der Waals surface area contributed by atoms with Gasteiger partial charge in [0, 0.05) is 47.5 Å². The molecule has 0 spiro atoms. The van der Waals surface area contributed by atoms with E-state index in [9.17, 15) is 0 Å². The van der Waals surface area contributed by atoms with Crippen LogP contribution in [0.15, 0.2) is 41.6 Å². The molecule has 2 nitrogen and oxygen atoms in total. The van der Waals surface area contributed by atoms with E-state index in [-0.39, 0.29) is 0 Å². The Bertz CT molecular complexity index is 598. The molecule has 1 aliphatic rings. The van der Waals surface area contributed by atoms with Crippen molar-refractivity contribution in [1.29, 1.82) is 0 Å². The number of aryl methyl sites for hydroxylation is 1. The molecule has 0 aliphatic carbocycles. The summed E-state index contributed by atoms with van der Waals surface area (Å²) in [4.78, 5) is 3.59. The molecule has 88 valence electrons. The second kappa shape index (κ2) is 3.84. The van der Waals surface area contributed by atoms with Crippen molar-refractivity contribution < 1.29 is 0 Å². The fraction of sp³-hybridized carbons (Fsp3) is 0.286. The van der Waals surface area contributed by atoms with E-state index in [1.807, 2.05) is 11.8 Å². The van der Waals surface area contributed by atoms with Gasteiger partial charge >= 0.3 is 0 Å². The van der Waals surface area contributed by atoms with Gasteiger partial charge in [-0.1, -0.05) is 6.58 Å². The highest BCUT2D eigenvalue weighted by atomic mass is 32.2. The van der Waals surface area contributed by atoms with Crippen molar-refractivity contribution >= 4 is 28.4 Å². The third kappa shape index (κ3) is 1.65. The standard InChI is InChI=1S/C14H16N2S/c1-10-5-7-17-14-9-12-11(4-6-15(12)2)8-13(14)16(10)3/h4,6,8-9H,1,5,7H2,2-3H3. The topological polar surface area (TPSA) is 8.17 Å². The lowest BCUT2D eigenvalue weighted by atomic mass is 10.2. The molecular formula is C14H16N2S. The predicted molar refractivity (Wildman–Crippen MR) is 75.8 cm³/mol. The van der Waals surface area contributed by atoms with Crippen LogP contribution in [0, 0.1) is 0 Å². The molecule has 0 saturated heterocycles. The summed E-state index contributed by atoms with van der Waals surface area (Å²) in [6.07, 6.45) is 3.18. The summed E-state index contributed by atoms with van der Waals surface area (Å²) in [6, 6.07) is 6.74. The van der Waals surface area contributed by atoms with E-state index in [1.54, 1.807) is 0 Å². The van der Waals surface area contributed by atoms with Gasteiger partial charge in [-0.15, -0.1) is 11.8 Å². The zero-order chi connectivity index (χ0) is 12.0. The van der Waals surface area contributed by atoms with Gasteiger partial charge in [0.05, 0.1) is 5.69 Å². The van der Waals surface area contributed by atoms with Crippen molar-refractivity contribution in [1.82, 2.24) is 4.57 Å². The number of thioether (sulfide) groups is 1. The third-order valence-corrected chi connectivity index (χ3v) is 4.50. The number of nitrogens with zero attached hydrogens (tertiary/aromatic N) is 2. The number of hydrogen-bond acceptors (Lipinski definition) is 2. The molecule has 2 aromatic rings. The minimum Gasteiger partial charge on any atom is -0.351 e. The molecule has 3 heteroatoms. The van der Waals surface area contributed by atoms with Gasteiger partial charge in [-0.05, 0) is 24.6 Å². The van der Waals surface area contributed by atoms with E-state index in [4.69, 9.17) is 0 Å². The van der Waals surface area contributed by atoms with E-state index >= 15 is 0 Å². The van der Waals surface area contributed by atoms with Crippen LogP contribution in [-0.2, 0) is 7.05 Å². The number of fused-ring (bicyclic) bond motifs is 2. The van der Waals surface area contributed by atoms with Crippen molar-refractivity contribution in [3.05, 3.63) is 36.7 Å².